The lowest BCUT2D eigenvalue weighted by molar-refractivity contribution is 0.211. The van der Waals surface area contributed by atoms with Gasteiger partial charge in [0.25, 0.3) is 0 Å². The Morgan fingerprint density at radius 2 is 1.88 bits per heavy atom. The molecule has 0 radical (unpaired) electrons. The second-order valence-corrected chi connectivity index (χ2v) is 11.5. The van der Waals surface area contributed by atoms with Gasteiger partial charge in [-0.15, -0.1) is 0 Å². The third kappa shape index (κ3) is 3.31. The van der Waals surface area contributed by atoms with Gasteiger partial charge < -0.3 is 9.74 Å². The van der Waals surface area contributed by atoms with E-state index in [1.165, 1.54) is 19.3 Å². The van der Waals surface area contributed by atoms with Crippen LogP contribution in [0, 0.1) is 5.92 Å². The van der Waals surface area contributed by atoms with E-state index < -0.39 is 8.32 Å². The first-order valence-electron chi connectivity index (χ1n) is 6.59. The molecule has 0 aromatic rings. The van der Waals surface area contributed by atoms with Crippen molar-refractivity contribution >= 4 is 8.32 Å². The summed E-state index contributed by atoms with van der Waals surface area (Å²) < 4.78 is 6.31. The van der Waals surface area contributed by atoms with Crippen LogP contribution in [-0.4, -0.2) is 28.0 Å². The molecule has 1 aliphatic carbocycles. The molecule has 1 N–H and O–H groups in total. The van der Waals surface area contributed by atoms with Crippen molar-refractivity contribution in [2.45, 2.75) is 64.2 Å². The van der Waals surface area contributed by atoms with E-state index >= 15 is 0 Å². The Morgan fingerprint density at radius 1 is 1.25 bits per heavy atom. The van der Waals surface area contributed by atoms with E-state index in [-0.39, 0.29) is 0 Å². The SMILES string of the molecule is CN[C@H]1CCC[C@@H]1CO[Si](C)(C)C(C)(C)C. The molecule has 0 spiro atoms. The monoisotopic (exact) mass is 243 g/mol. The van der Waals surface area contributed by atoms with Gasteiger partial charge >= 0.3 is 0 Å². The minimum absolute atomic E-state index is 0.334. The highest BCUT2D eigenvalue weighted by molar-refractivity contribution is 6.74. The number of hydrogen-bond acceptors (Lipinski definition) is 2. The summed E-state index contributed by atoms with van der Waals surface area (Å²) in [5, 5.41) is 3.76. The Bertz CT molecular complexity index is 222. The largest absolute Gasteiger partial charge is 0.416 e. The second kappa shape index (κ2) is 5.19. The van der Waals surface area contributed by atoms with Gasteiger partial charge in [-0.1, -0.05) is 27.2 Å². The van der Waals surface area contributed by atoms with Crippen molar-refractivity contribution in [1.82, 2.24) is 5.32 Å². The van der Waals surface area contributed by atoms with Gasteiger partial charge in [-0.05, 0) is 43.9 Å². The van der Waals surface area contributed by atoms with Gasteiger partial charge in [0.2, 0.25) is 0 Å². The van der Waals surface area contributed by atoms with Crippen molar-refractivity contribution in [3.05, 3.63) is 0 Å². The van der Waals surface area contributed by atoms with Crippen LogP contribution in [0.15, 0.2) is 0 Å². The van der Waals surface area contributed by atoms with Crippen LogP contribution in [0.25, 0.3) is 0 Å². The van der Waals surface area contributed by atoms with Crippen molar-refractivity contribution in [2.24, 2.45) is 5.92 Å². The summed E-state index contributed by atoms with van der Waals surface area (Å²) in [6.45, 7) is 12.6. The van der Waals surface area contributed by atoms with Crippen molar-refractivity contribution < 1.29 is 4.43 Å². The summed E-state index contributed by atoms with van der Waals surface area (Å²) in [5.74, 6) is 0.735. The Kier molecular flexibility index (Phi) is 4.61. The lowest BCUT2D eigenvalue weighted by Gasteiger charge is -2.37. The minimum Gasteiger partial charge on any atom is -0.416 e. The van der Waals surface area contributed by atoms with Gasteiger partial charge in [-0.25, -0.2) is 0 Å². The van der Waals surface area contributed by atoms with E-state index in [1.54, 1.807) is 0 Å². The molecule has 1 saturated carbocycles. The number of hydrogen-bond donors (Lipinski definition) is 1. The maximum absolute atomic E-state index is 6.31. The molecular formula is C13H29NOSi. The van der Waals surface area contributed by atoms with E-state index in [4.69, 9.17) is 4.43 Å². The Morgan fingerprint density at radius 3 is 2.38 bits per heavy atom. The standard InChI is InChI=1S/C13H29NOSi/c1-13(2,3)16(5,6)15-10-11-8-7-9-12(11)14-4/h11-12,14H,7-10H2,1-6H3/t11-,12+/m1/s1. The summed E-state index contributed by atoms with van der Waals surface area (Å²) in [5.41, 5.74) is 0. The molecule has 16 heavy (non-hydrogen) atoms. The Labute approximate surface area is 102 Å². The van der Waals surface area contributed by atoms with Gasteiger partial charge in [-0.3, -0.25) is 0 Å². The third-order valence-electron chi connectivity index (χ3n) is 4.49. The maximum atomic E-state index is 6.31. The summed E-state index contributed by atoms with van der Waals surface area (Å²) in [7, 11) is 0.536. The van der Waals surface area contributed by atoms with Crippen molar-refractivity contribution in [3.63, 3.8) is 0 Å². The first-order chi connectivity index (χ1) is 7.28. The predicted octanol–water partition coefficient (Wildman–Crippen LogP) is 3.40. The van der Waals surface area contributed by atoms with Crippen molar-refractivity contribution in [2.75, 3.05) is 13.7 Å². The average Bonchev–Trinajstić information content (AvgIpc) is 2.60. The molecular weight excluding hydrogens is 214 g/mol. The van der Waals surface area contributed by atoms with Crippen LogP contribution in [0.1, 0.15) is 40.0 Å². The van der Waals surface area contributed by atoms with Crippen molar-refractivity contribution in [1.29, 1.82) is 0 Å². The quantitative estimate of drug-likeness (QED) is 0.764. The highest BCUT2D eigenvalue weighted by atomic mass is 28.4. The zero-order chi connectivity index (χ0) is 12.4. The molecule has 1 aliphatic rings. The number of rotatable bonds is 4. The molecule has 1 fully saturated rings. The zero-order valence-corrected chi connectivity index (χ0v) is 12.9. The first-order valence-corrected chi connectivity index (χ1v) is 9.50. The van der Waals surface area contributed by atoms with Gasteiger partial charge in [0.05, 0.1) is 0 Å². The van der Waals surface area contributed by atoms with Gasteiger partial charge in [0.15, 0.2) is 8.32 Å². The van der Waals surface area contributed by atoms with Crippen molar-refractivity contribution in [3.8, 4) is 0 Å². The summed E-state index contributed by atoms with van der Waals surface area (Å²) in [4.78, 5) is 0. The highest BCUT2D eigenvalue weighted by Crippen LogP contribution is 2.37. The van der Waals surface area contributed by atoms with Gasteiger partial charge in [0.1, 0.15) is 0 Å². The molecule has 2 nitrogen and oxygen atoms in total. The van der Waals surface area contributed by atoms with E-state index in [0.29, 0.717) is 11.1 Å². The molecule has 1 rings (SSSR count). The molecule has 0 amide bonds. The fraction of sp³-hybridized carbons (Fsp3) is 1.00. The first kappa shape index (κ1) is 14.2. The molecule has 0 unspecified atom stereocenters. The molecule has 0 aromatic heterocycles. The topological polar surface area (TPSA) is 21.3 Å². The number of nitrogens with one attached hydrogen (secondary N) is 1. The molecule has 96 valence electrons. The van der Waals surface area contributed by atoms with Gasteiger partial charge in [0, 0.05) is 12.6 Å². The molecule has 2 atom stereocenters. The van der Waals surface area contributed by atoms with Crippen LogP contribution in [0.4, 0.5) is 0 Å². The highest BCUT2D eigenvalue weighted by Gasteiger charge is 2.38. The van der Waals surface area contributed by atoms with Crippen LogP contribution >= 0.6 is 0 Å². The average molecular weight is 243 g/mol. The van der Waals surface area contributed by atoms with E-state index in [1.807, 2.05) is 0 Å². The lowest BCUT2D eigenvalue weighted by Crippen LogP contribution is -2.43. The Balaban J connectivity index is 2.45. The fourth-order valence-electron chi connectivity index (χ4n) is 2.15. The lowest BCUT2D eigenvalue weighted by atomic mass is 10.1. The molecule has 0 aliphatic heterocycles. The summed E-state index contributed by atoms with van der Waals surface area (Å²) in [6, 6.07) is 0.685. The summed E-state index contributed by atoms with van der Waals surface area (Å²) in [6.07, 6.45) is 4.01. The van der Waals surface area contributed by atoms with Crippen LogP contribution in [0.5, 0.6) is 0 Å². The summed E-state index contributed by atoms with van der Waals surface area (Å²) >= 11 is 0. The molecule has 0 saturated heterocycles. The van der Waals surface area contributed by atoms with E-state index in [0.717, 1.165) is 12.5 Å². The minimum atomic E-state index is -1.54. The van der Waals surface area contributed by atoms with E-state index in [9.17, 15) is 0 Å². The fourth-order valence-corrected chi connectivity index (χ4v) is 3.21. The molecule has 0 bridgehead atoms. The molecule has 0 aromatic carbocycles. The smallest absolute Gasteiger partial charge is 0.191 e. The zero-order valence-electron chi connectivity index (χ0n) is 11.9. The van der Waals surface area contributed by atoms with Crippen LogP contribution in [0.2, 0.25) is 18.1 Å². The van der Waals surface area contributed by atoms with E-state index in [2.05, 4.69) is 46.2 Å². The third-order valence-corrected chi connectivity index (χ3v) is 9.00. The van der Waals surface area contributed by atoms with Crippen LogP contribution < -0.4 is 5.32 Å². The van der Waals surface area contributed by atoms with Crippen LogP contribution in [0.3, 0.4) is 0 Å². The Hall–Kier alpha value is 0.137. The second-order valence-electron chi connectivity index (χ2n) is 6.66. The molecule has 3 heteroatoms. The van der Waals surface area contributed by atoms with Gasteiger partial charge in [-0.2, -0.15) is 0 Å². The molecule has 0 heterocycles. The predicted molar refractivity (Wildman–Crippen MR) is 73.3 cm³/mol. The van der Waals surface area contributed by atoms with Crippen LogP contribution in [-0.2, 0) is 4.43 Å². The maximum Gasteiger partial charge on any atom is 0.191 e. The normalized spacial score (nSPS) is 27.4.